The number of carbonyl (C=O) groups is 2. The van der Waals surface area contributed by atoms with E-state index >= 15 is 0 Å². The minimum absolute atomic E-state index is 0.0116. The molecule has 3 aromatic heterocycles. The quantitative estimate of drug-likeness (QED) is 0.379. The summed E-state index contributed by atoms with van der Waals surface area (Å²) in [6.07, 6.45) is 8.61. The smallest absolute Gasteiger partial charge is 0.274 e. The molecule has 0 aliphatic carbocycles. The van der Waals surface area contributed by atoms with Crippen LogP contribution in [0.5, 0.6) is 0 Å². The Morgan fingerprint density at radius 1 is 1.11 bits per heavy atom. The van der Waals surface area contributed by atoms with Crippen molar-refractivity contribution in [2.24, 2.45) is 5.92 Å². The van der Waals surface area contributed by atoms with E-state index in [2.05, 4.69) is 20.2 Å². The molecule has 1 aliphatic heterocycles. The van der Waals surface area contributed by atoms with Gasteiger partial charge >= 0.3 is 0 Å². The Balaban J connectivity index is 1.44. The van der Waals surface area contributed by atoms with Crippen LogP contribution < -0.4 is 16.0 Å². The molecule has 10 heteroatoms. The summed E-state index contributed by atoms with van der Waals surface area (Å²) in [7, 11) is 0. The van der Waals surface area contributed by atoms with Crippen molar-refractivity contribution in [3.63, 3.8) is 0 Å². The van der Waals surface area contributed by atoms with Gasteiger partial charge in [0.1, 0.15) is 22.7 Å². The first-order valence-corrected chi connectivity index (χ1v) is 12.5. The Hall–Kier alpha value is -4.73. The average molecular weight is 511 g/mol. The molecule has 1 aromatic carbocycles. The SMILES string of the molecule is Cc1cc(-c2nc(N3CCN(C(=O)/C=C/C(C)C)C3)n3ccnc(N)c23)ccc1NC(=O)c1ccccn1. The Kier molecular flexibility index (Phi) is 6.78. The maximum atomic E-state index is 12.6. The van der Waals surface area contributed by atoms with Crippen LogP contribution >= 0.6 is 0 Å². The van der Waals surface area contributed by atoms with Gasteiger partial charge in [0.15, 0.2) is 0 Å². The van der Waals surface area contributed by atoms with Crippen molar-refractivity contribution >= 4 is 34.8 Å². The minimum Gasteiger partial charge on any atom is -0.382 e. The third-order valence-electron chi connectivity index (χ3n) is 6.41. The Labute approximate surface area is 220 Å². The maximum Gasteiger partial charge on any atom is 0.274 e. The molecule has 1 saturated heterocycles. The van der Waals surface area contributed by atoms with Gasteiger partial charge in [0.25, 0.3) is 5.91 Å². The number of pyridine rings is 1. The lowest BCUT2D eigenvalue weighted by molar-refractivity contribution is -0.124. The highest BCUT2D eigenvalue weighted by Gasteiger charge is 2.28. The molecule has 194 valence electrons. The van der Waals surface area contributed by atoms with Crippen molar-refractivity contribution < 1.29 is 9.59 Å². The number of amides is 2. The van der Waals surface area contributed by atoms with Crippen molar-refractivity contribution in [1.29, 1.82) is 0 Å². The number of imidazole rings is 1. The highest BCUT2D eigenvalue weighted by Crippen LogP contribution is 2.33. The number of fused-ring (bicyclic) bond motifs is 1. The molecular weight excluding hydrogens is 480 g/mol. The van der Waals surface area contributed by atoms with Gasteiger partial charge in [0.2, 0.25) is 11.9 Å². The number of rotatable bonds is 6. The molecule has 5 rings (SSSR count). The molecule has 0 atom stereocenters. The molecule has 3 N–H and O–H groups in total. The van der Waals surface area contributed by atoms with Crippen LogP contribution in [0.1, 0.15) is 29.9 Å². The summed E-state index contributed by atoms with van der Waals surface area (Å²) in [6, 6.07) is 10.9. The second-order valence-electron chi connectivity index (χ2n) is 9.60. The van der Waals surface area contributed by atoms with E-state index in [1.807, 2.05) is 55.6 Å². The molecule has 1 aliphatic rings. The number of carbonyl (C=O) groups excluding carboxylic acids is 2. The number of anilines is 3. The van der Waals surface area contributed by atoms with E-state index in [1.54, 1.807) is 41.6 Å². The molecule has 4 aromatic rings. The third kappa shape index (κ3) is 4.93. The number of aromatic nitrogens is 4. The first kappa shape index (κ1) is 24.9. The van der Waals surface area contributed by atoms with Crippen LogP contribution in [0.4, 0.5) is 17.5 Å². The summed E-state index contributed by atoms with van der Waals surface area (Å²) >= 11 is 0. The van der Waals surface area contributed by atoms with Crippen molar-refractivity contribution in [2.75, 3.05) is 35.7 Å². The van der Waals surface area contributed by atoms with Crippen LogP contribution in [-0.2, 0) is 4.79 Å². The van der Waals surface area contributed by atoms with Gasteiger partial charge in [-0.2, -0.15) is 0 Å². The highest BCUT2D eigenvalue weighted by molar-refractivity contribution is 6.03. The monoisotopic (exact) mass is 510 g/mol. The molecular formula is C28H30N8O2. The Bertz CT molecular complexity index is 1530. The third-order valence-corrected chi connectivity index (χ3v) is 6.41. The number of nitrogens with zero attached hydrogens (tertiary/aromatic N) is 6. The number of allylic oxidation sites excluding steroid dienone is 1. The molecule has 0 radical (unpaired) electrons. The molecule has 38 heavy (non-hydrogen) atoms. The number of hydrogen-bond acceptors (Lipinski definition) is 7. The fourth-order valence-corrected chi connectivity index (χ4v) is 4.42. The topological polar surface area (TPSA) is 122 Å². The Morgan fingerprint density at radius 2 is 1.95 bits per heavy atom. The lowest BCUT2D eigenvalue weighted by Crippen LogP contribution is -2.30. The highest BCUT2D eigenvalue weighted by atomic mass is 16.2. The van der Waals surface area contributed by atoms with E-state index in [4.69, 9.17) is 10.7 Å². The fourth-order valence-electron chi connectivity index (χ4n) is 4.42. The van der Waals surface area contributed by atoms with Crippen LogP contribution in [0.3, 0.4) is 0 Å². The van der Waals surface area contributed by atoms with Crippen LogP contribution in [0, 0.1) is 12.8 Å². The maximum absolute atomic E-state index is 12.6. The molecule has 1 fully saturated rings. The minimum atomic E-state index is -0.277. The van der Waals surface area contributed by atoms with Crippen LogP contribution in [0.15, 0.2) is 67.1 Å². The van der Waals surface area contributed by atoms with Crippen molar-refractivity contribution in [3.05, 3.63) is 78.4 Å². The number of hydrogen-bond donors (Lipinski definition) is 2. The van der Waals surface area contributed by atoms with Gasteiger partial charge < -0.3 is 20.9 Å². The summed E-state index contributed by atoms with van der Waals surface area (Å²) in [4.78, 5) is 42.4. The number of benzene rings is 1. The second kappa shape index (κ2) is 10.3. The summed E-state index contributed by atoms with van der Waals surface area (Å²) in [5.41, 5.74) is 10.4. The van der Waals surface area contributed by atoms with E-state index in [0.29, 0.717) is 60.0 Å². The van der Waals surface area contributed by atoms with E-state index in [9.17, 15) is 9.59 Å². The normalized spacial score (nSPS) is 13.7. The van der Waals surface area contributed by atoms with Gasteiger partial charge in [-0.15, -0.1) is 0 Å². The lowest BCUT2D eigenvalue weighted by atomic mass is 10.1. The largest absolute Gasteiger partial charge is 0.382 e. The zero-order valence-electron chi connectivity index (χ0n) is 21.6. The lowest BCUT2D eigenvalue weighted by Gasteiger charge is -2.17. The molecule has 0 unspecified atom stereocenters. The predicted molar refractivity (Wildman–Crippen MR) is 148 cm³/mol. The standard InChI is InChI=1S/C28H30N8O2/c1-18(2)7-10-23(37)34-14-15-35(17-34)28-33-24(25-26(29)31-12-13-36(25)28)20-8-9-21(19(3)16-20)32-27(38)22-6-4-5-11-30-22/h4-13,16,18H,14-15,17H2,1-3H3,(H2,29,31)(H,32,38)/b10-7+. The van der Waals surface area contributed by atoms with Crippen molar-refractivity contribution in [1.82, 2.24) is 24.3 Å². The Morgan fingerprint density at radius 3 is 2.68 bits per heavy atom. The second-order valence-corrected chi connectivity index (χ2v) is 9.60. The first-order chi connectivity index (χ1) is 18.3. The predicted octanol–water partition coefficient (Wildman–Crippen LogP) is 3.75. The van der Waals surface area contributed by atoms with Crippen LogP contribution in [-0.4, -0.2) is 55.8 Å². The number of nitrogen functional groups attached to an aromatic ring is 1. The number of nitrogens with two attached hydrogens (primary N) is 1. The van der Waals surface area contributed by atoms with Crippen molar-refractivity contribution in [2.45, 2.75) is 20.8 Å². The van der Waals surface area contributed by atoms with Gasteiger partial charge in [0.05, 0.1) is 6.67 Å². The van der Waals surface area contributed by atoms with Gasteiger partial charge in [-0.25, -0.2) is 9.97 Å². The number of aryl methyl sites for hydroxylation is 1. The first-order valence-electron chi connectivity index (χ1n) is 12.5. The van der Waals surface area contributed by atoms with Crippen LogP contribution in [0.25, 0.3) is 16.8 Å². The van der Waals surface area contributed by atoms with Gasteiger partial charge in [-0.3, -0.25) is 19.0 Å². The van der Waals surface area contributed by atoms with E-state index < -0.39 is 0 Å². The number of nitrogens with one attached hydrogen (secondary N) is 1. The molecule has 0 spiro atoms. The summed E-state index contributed by atoms with van der Waals surface area (Å²) in [6.45, 7) is 7.70. The van der Waals surface area contributed by atoms with E-state index in [-0.39, 0.29) is 11.8 Å². The molecule has 0 saturated carbocycles. The van der Waals surface area contributed by atoms with Gasteiger partial charge in [-0.05, 0) is 48.7 Å². The van der Waals surface area contributed by atoms with Crippen molar-refractivity contribution in [3.8, 4) is 11.3 Å². The molecule has 2 amide bonds. The van der Waals surface area contributed by atoms with Crippen LogP contribution in [0.2, 0.25) is 0 Å². The zero-order valence-corrected chi connectivity index (χ0v) is 21.6. The molecule has 0 bridgehead atoms. The summed E-state index contributed by atoms with van der Waals surface area (Å²) < 4.78 is 1.92. The van der Waals surface area contributed by atoms with Gasteiger partial charge in [0, 0.05) is 42.9 Å². The molecule has 10 nitrogen and oxygen atoms in total. The fraction of sp³-hybridized carbons (Fsp3) is 0.250. The zero-order chi connectivity index (χ0) is 26.8. The van der Waals surface area contributed by atoms with Gasteiger partial charge in [-0.1, -0.05) is 32.1 Å². The summed E-state index contributed by atoms with van der Waals surface area (Å²) in [5.74, 6) is 1.07. The molecule has 4 heterocycles. The summed E-state index contributed by atoms with van der Waals surface area (Å²) in [5, 5.41) is 2.92. The van der Waals surface area contributed by atoms with E-state index in [0.717, 1.165) is 11.1 Å². The average Bonchev–Trinajstić information content (AvgIpc) is 3.55. The van der Waals surface area contributed by atoms with E-state index in [1.165, 1.54) is 0 Å².